The fourth-order valence-corrected chi connectivity index (χ4v) is 3.14. The number of para-hydroxylation sites is 1. The van der Waals surface area contributed by atoms with E-state index >= 15 is 0 Å². The van der Waals surface area contributed by atoms with E-state index in [-0.39, 0.29) is 11.6 Å². The van der Waals surface area contributed by atoms with E-state index in [1.165, 1.54) is 5.56 Å². The Labute approximate surface area is 169 Å². The lowest BCUT2D eigenvalue weighted by Crippen LogP contribution is -2.30. The van der Waals surface area contributed by atoms with Crippen molar-refractivity contribution in [3.05, 3.63) is 101 Å². The Morgan fingerprint density at radius 2 is 1.69 bits per heavy atom. The second kappa shape index (κ2) is 8.02. The highest BCUT2D eigenvalue weighted by atomic mass is 16.5. The van der Waals surface area contributed by atoms with E-state index in [0.29, 0.717) is 12.3 Å². The molecule has 0 atom stereocenters. The van der Waals surface area contributed by atoms with Crippen molar-refractivity contribution in [1.82, 2.24) is 5.32 Å². The minimum absolute atomic E-state index is 0.243. The second-order valence-electron chi connectivity index (χ2n) is 6.81. The molecule has 1 fully saturated rings. The molecule has 3 amide bonds. The minimum atomic E-state index is -0.453. The highest BCUT2D eigenvalue weighted by Crippen LogP contribution is 2.22. The Kier molecular flexibility index (Phi) is 5.12. The van der Waals surface area contributed by atoms with Crippen LogP contribution in [0.4, 0.5) is 10.5 Å². The lowest BCUT2D eigenvalue weighted by Gasteiger charge is -2.10. The predicted molar refractivity (Wildman–Crippen MR) is 112 cm³/mol. The molecule has 5 heteroatoms. The van der Waals surface area contributed by atoms with E-state index in [0.717, 1.165) is 21.8 Å². The summed E-state index contributed by atoms with van der Waals surface area (Å²) >= 11 is 0. The first-order valence-corrected chi connectivity index (χ1v) is 9.31. The zero-order valence-corrected chi connectivity index (χ0v) is 16.0. The Bertz CT molecular complexity index is 1070. The molecule has 0 spiro atoms. The standard InChI is InChI=1S/C24H20N2O3/c1-17-6-5-7-19(14-17)16-29-21-12-10-18(11-13-21)15-22-23(27)26(24(28)25-22)20-8-3-2-4-9-20/h2-15H,16H2,1H3,(H,25,28)/b22-15+. The number of carbonyl (C=O) groups is 2. The van der Waals surface area contributed by atoms with Crippen LogP contribution >= 0.6 is 0 Å². The molecule has 0 saturated carbocycles. The molecule has 5 nitrogen and oxygen atoms in total. The first-order valence-electron chi connectivity index (χ1n) is 9.31. The molecule has 0 aromatic heterocycles. The van der Waals surface area contributed by atoms with E-state index in [9.17, 15) is 9.59 Å². The van der Waals surface area contributed by atoms with E-state index in [2.05, 4.69) is 11.4 Å². The van der Waals surface area contributed by atoms with Gasteiger partial charge >= 0.3 is 6.03 Å². The zero-order chi connectivity index (χ0) is 20.2. The number of aryl methyl sites for hydroxylation is 1. The number of imide groups is 1. The third-order valence-corrected chi connectivity index (χ3v) is 4.57. The van der Waals surface area contributed by atoms with Crippen LogP contribution in [0.25, 0.3) is 6.08 Å². The van der Waals surface area contributed by atoms with Crippen molar-refractivity contribution in [2.24, 2.45) is 0 Å². The molecule has 0 aliphatic carbocycles. The Hall–Kier alpha value is -3.86. The number of carbonyl (C=O) groups excluding carboxylic acids is 2. The second-order valence-corrected chi connectivity index (χ2v) is 6.81. The SMILES string of the molecule is Cc1cccc(COc2ccc(/C=C3/NC(=O)N(c4ccccc4)C3=O)cc2)c1. The molecule has 3 aromatic carbocycles. The summed E-state index contributed by atoms with van der Waals surface area (Å²) in [6.45, 7) is 2.54. The van der Waals surface area contributed by atoms with Crippen LogP contribution in [0, 0.1) is 6.92 Å². The van der Waals surface area contributed by atoms with Crippen LogP contribution in [0.2, 0.25) is 0 Å². The van der Waals surface area contributed by atoms with Crippen molar-refractivity contribution in [3.63, 3.8) is 0 Å². The molecular weight excluding hydrogens is 364 g/mol. The topological polar surface area (TPSA) is 58.6 Å². The van der Waals surface area contributed by atoms with Gasteiger partial charge in [0.15, 0.2) is 0 Å². The van der Waals surface area contributed by atoms with Gasteiger partial charge in [0.1, 0.15) is 18.1 Å². The summed E-state index contributed by atoms with van der Waals surface area (Å²) in [5.41, 5.74) is 3.88. The number of nitrogens with zero attached hydrogens (tertiary/aromatic N) is 1. The van der Waals surface area contributed by atoms with Crippen LogP contribution in [-0.2, 0) is 11.4 Å². The third-order valence-electron chi connectivity index (χ3n) is 4.57. The molecule has 4 rings (SSSR count). The molecule has 1 saturated heterocycles. The number of amides is 3. The summed E-state index contributed by atoms with van der Waals surface area (Å²) < 4.78 is 5.82. The first kappa shape index (κ1) is 18.5. The van der Waals surface area contributed by atoms with Gasteiger partial charge in [0.25, 0.3) is 5.91 Å². The molecule has 0 bridgehead atoms. The monoisotopic (exact) mass is 384 g/mol. The average Bonchev–Trinajstić information content (AvgIpc) is 3.01. The number of nitrogens with one attached hydrogen (secondary N) is 1. The Balaban J connectivity index is 1.45. The van der Waals surface area contributed by atoms with Gasteiger partial charge in [-0.1, -0.05) is 60.2 Å². The summed E-state index contributed by atoms with van der Waals surface area (Å²) in [6.07, 6.45) is 1.66. The Morgan fingerprint density at radius 1 is 0.931 bits per heavy atom. The van der Waals surface area contributed by atoms with Crippen molar-refractivity contribution in [1.29, 1.82) is 0 Å². The van der Waals surface area contributed by atoms with Gasteiger partial charge in [-0.15, -0.1) is 0 Å². The summed E-state index contributed by atoms with van der Waals surface area (Å²) in [5, 5.41) is 2.63. The van der Waals surface area contributed by atoms with Gasteiger partial charge in [-0.3, -0.25) is 4.79 Å². The highest BCUT2D eigenvalue weighted by molar-refractivity contribution is 6.28. The molecule has 144 valence electrons. The largest absolute Gasteiger partial charge is 0.489 e. The average molecular weight is 384 g/mol. The van der Waals surface area contributed by atoms with Gasteiger partial charge in [0, 0.05) is 0 Å². The molecule has 29 heavy (non-hydrogen) atoms. The lowest BCUT2D eigenvalue weighted by atomic mass is 10.1. The maximum Gasteiger partial charge on any atom is 0.333 e. The molecular formula is C24H20N2O3. The number of rotatable bonds is 5. The number of hydrogen-bond donors (Lipinski definition) is 1. The number of ether oxygens (including phenoxy) is 1. The van der Waals surface area contributed by atoms with Crippen LogP contribution in [-0.4, -0.2) is 11.9 Å². The van der Waals surface area contributed by atoms with Gasteiger partial charge in [0.2, 0.25) is 0 Å². The fourth-order valence-electron chi connectivity index (χ4n) is 3.14. The predicted octanol–water partition coefficient (Wildman–Crippen LogP) is 4.67. The number of benzene rings is 3. The molecule has 0 radical (unpaired) electrons. The number of urea groups is 1. The molecule has 3 aromatic rings. The van der Waals surface area contributed by atoms with Crippen LogP contribution < -0.4 is 15.0 Å². The molecule has 1 heterocycles. The van der Waals surface area contributed by atoms with Crippen molar-refractivity contribution < 1.29 is 14.3 Å². The van der Waals surface area contributed by atoms with Crippen molar-refractivity contribution in [3.8, 4) is 5.75 Å². The normalized spacial score (nSPS) is 14.9. The van der Waals surface area contributed by atoms with Crippen LogP contribution in [0.3, 0.4) is 0 Å². The van der Waals surface area contributed by atoms with E-state index in [4.69, 9.17) is 4.74 Å². The van der Waals surface area contributed by atoms with Crippen molar-refractivity contribution >= 4 is 23.7 Å². The molecule has 1 aliphatic heterocycles. The minimum Gasteiger partial charge on any atom is -0.489 e. The summed E-state index contributed by atoms with van der Waals surface area (Å²) in [7, 11) is 0. The van der Waals surface area contributed by atoms with Gasteiger partial charge in [0.05, 0.1) is 5.69 Å². The van der Waals surface area contributed by atoms with Crippen LogP contribution in [0.15, 0.2) is 84.6 Å². The summed E-state index contributed by atoms with van der Waals surface area (Å²) in [5.74, 6) is 0.363. The van der Waals surface area contributed by atoms with E-state index < -0.39 is 6.03 Å². The van der Waals surface area contributed by atoms with Gasteiger partial charge < -0.3 is 10.1 Å². The molecule has 0 unspecified atom stereocenters. The van der Waals surface area contributed by atoms with Crippen molar-refractivity contribution in [2.45, 2.75) is 13.5 Å². The molecule has 1 N–H and O–H groups in total. The highest BCUT2D eigenvalue weighted by Gasteiger charge is 2.34. The lowest BCUT2D eigenvalue weighted by molar-refractivity contribution is -0.113. The van der Waals surface area contributed by atoms with Crippen LogP contribution in [0.5, 0.6) is 5.75 Å². The summed E-state index contributed by atoms with van der Waals surface area (Å²) in [6, 6.07) is 24.0. The third kappa shape index (κ3) is 4.19. The van der Waals surface area contributed by atoms with Crippen LogP contribution in [0.1, 0.15) is 16.7 Å². The maximum atomic E-state index is 12.6. The summed E-state index contributed by atoms with van der Waals surface area (Å²) in [4.78, 5) is 26.0. The zero-order valence-electron chi connectivity index (χ0n) is 16.0. The maximum absolute atomic E-state index is 12.6. The van der Waals surface area contributed by atoms with Crippen molar-refractivity contribution in [2.75, 3.05) is 4.90 Å². The quantitative estimate of drug-likeness (QED) is 0.514. The van der Waals surface area contributed by atoms with Gasteiger partial charge in [-0.05, 0) is 48.4 Å². The Morgan fingerprint density at radius 3 is 2.41 bits per heavy atom. The number of hydrogen-bond acceptors (Lipinski definition) is 3. The molecule has 1 aliphatic rings. The van der Waals surface area contributed by atoms with E-state index in [1.54, 1.807) is 30.3 Å². The fraction of sp³-hybridized carbons (Fsp3) is 0.0833. The van der Waals surface area contributed by atoms with E-state index in [1.807, 2.05) is 55.5 Å². The smallest absolute Gasteiger partial charge is 0.333 e. The first-order chi connectivity index (χ1) is 14.1. The van der Waals surface area contributed by atoms with Gasteiger partial charge in [-0.25, -0.2) is 9.69 Å². The van der Waals surface area contributed by atoms with Gasteiger partial charge in [-0.2, -0.15) is 0 Å². The number of anilines is 1.